The van der Waals surface area contributed by atoms with Gasteiger partial charge in [0.25, 0.3) is 5.56 Å². The third kappa shape index (κ3) is 4.79. The van der Waals surface area contributed by atoms with Gasteiger partial charge in [0.15, 0.2) is 5.16 Å². The van der Waals surface area contributed by atoms with Gasteiger partial charge >= 0.3 is 6.18 Å². The topological polar surface area (TPSA) is 64.0 Å². The van der Waals surface area contributed by atoms with E-state index in [1.807, 2.05) is 24.4 Å². The largest absolute Gasteiger partial charge is 0.405 e. The summed E-state index contributed by atoms with van der Waals surface area (Å²) in [6, 6.07) is 14.0. The van der Waals surface area contributed by atoms with E-state index in [1.54, 1.807) is 36.4 Å². The van der Waals surface area contributed by atoms with Crippen molar-refractivity contribution in [2.45, 2.75) is 30.4 Å². The Labute approximate surface area is 169 Å². The minimum absolute atomic E-state index is 0.234. The van der Waals surface area contributed by atoms with Crippen LogP contribution in [0.2, 0.25) is 0 Å². The number of nitrogens with one attached hydrogen (secondary N) is 1. The van der Waals surface area contributed by atoms with Crippen molar-refractivity contribution in [1.29, 1.82) is 0 Å². The van der Waals surface area contributed by atoms with Gasteiger partial charge in [-0.05, 0) is 37.6 Å². The number of hydrogen-bond acceptors (Lipinski definition) is 4. The lowest BCUT2D eigenvalue weighted by Gasteiger charge is -2.18. The average Bonchev–Trinajstić information content (AvgIpc) is 2.67. The number of para-hydroxylation sites is 2. The molecule has 152 valence electrons. The van der Waals surface area contributed by atoms with Crippen molar-refractivity contribution in [2.75, 3.05) is 6.54 Å². The van der Waals surface area contributed by atoms with Crippen LogP contribution in [0.4, 0.5) is 13.2 Å². The molecule has 0 fully saturated rings. The fourth-order valence-corrected chi connectivity index (χ4v) is 3.71. The van der Waals surface area contributed by atoms with E-state index in [-0.39, 0.29) is 10.7 Å². The molecule has 0 bridgehead atoms. The second kappa shape index (κ2) is 8.28. The first-order valence-electron chi connectivity index (χ1n) is 8.76. The van der Waals surface area contributed by atoms with Crippen molar-refractivity contribution in [3.8, 4) is 5.69 Å². The zero-order valence-electron chi connectivity index (χ0n) is 15.7. The predicted octanol–water partition coefficient (Wildman–Crippen LogP) is 3.85. The number of aromatic nitrogens is 2. The molecule has 0 aliphatic heterocycles. The van der Waals surface area contributed by atoms with Gasteiger partial charge in [-0.3, -0.25) is 14.2 Å². The van der Waals surface area contributed by atoms with Crippen LogP contribution in [0, 0.1) is 6.92 Å². The average molecular weight is 421 g/mol. The molecule has 2 aromatic carbocycles. The van der Waals surface area contributed by atoms with E-state index in [1.165, 1.54) is 11.5 Å². The fourth-order valence-electron chi connectivity index (χ4n) is 2.76. The summed E-state index contributed by atoms with van der Waals surface area (Å²) in [5, 5.41) is 1.62. The number of nitrogens with zero attached hydrogens (tertiary/aromatic N) is 2. The number of alkyl halides is 3. The van der Waals surface area contributed by atoms with Crippen LogP contribution in [0.25, 0.3) is 16.6 Å². The van der Waals surface area contributed by atoms with Crippen molar-refractivity contribution in [3.63, 3.8) is 0 Å². The maximum Gasteiger partial charge on any atom is 0.405 e. The number of aryl methyl sites for hydroxylation is 1. The maximum atomic E-state index is 13.2. The fraction of sp³-hybridized carbons (Fsp3) is 0.250. The SMILES string of the molecule is Cc1ccccc1-n1c(SC(C)C(=O)NCC(F)(F)F)nc2ccccc2c1=O. The van der Waals surface area contributed by atoms with Crippen molar-refractivity contribution in [1.82, 2.24) is 14.9 Å². The van der Waals surface area contributed by atoms with Gasteiger partial charge in [-0.25, -0.2) is 4.98 Å². The van der Waals surface area contributed by atoms with Gasteiger partial charge in [-0.1, -0.05) is 42.1 Å². The molecule has 0 aliphatic rings. The molecule has 0 saturated heterocycles. The molecule has 1 heterocycles. The van der Waals surface area contributed by atoms with Gasteiger partial charge < -0.3 is 5.32 Å². The van der Waals surface area contributed by atoms with E-state index in [2.05, 4.69) is 4.98 Å². The number of halogens is 3. The molecule has 3 rings (SSSR count). The molecule has 29 heavy (non-hydrogen) atoms. The molecule has 3 aromatic rings. The lowest BCUT2D eigenvalue weighted by Crippen LogP contribution is -2.38. The summed E-state index contributed by atoms with van der Waals surface area (Å²) in [6.07, 6.45) is -4.50. The summed E-state index contributed by atoms with van der Waals surface area (Å²) in [5.74, 6) is -0.786. The van der Waals surface area contributed by atoms with Crippen LogP contribution in [0.1, 0.15) is 12.5 Å². The minimum Gasteiger partial charge on any atom is -0.346 e. The summed E-state index contributed by atoms with van der Waals surface area (Å²) in [6.45, 7) is 1.90. The Balaban J connectivity index is 2.05. The molecule has 1 unspecified atom stereocenters. The number of rotatable bonds is 5. The first-order valence-corrected chi connectivity index (χ1v) is 9.64. The zero-order chi connectivity index (χ0) is 21.2. The van der Waals surface area contributed by atoms with Gasteiger partial charge in [0.2, 0.25) is 5.91 Å². The van der Waals surface area contributed by atoms with E-state index in [0.717, 1.165) is 17.3 Å². The second-order valence-corrected chi connectivity index (χ2v) is 7.74. The van der Waals surface area contributed by atoms with Gasteiger partial charge in [0.1, 0.15) is 6.54 Å². The minimum atomic E-state index is -4.50. The molecule has 5 nitrogen and oxygen atoms in total. The Hall–Kier alpha value is -2.81. The highest BCUT2D eigenvalue weighted by atomic mass is 32.2. The van der Waals surface area contributed by atoms with E-state index in [0.29, 0.717) is 16.6 Å². The molecule has 1 aromatic heterocycles. The first-order chi connectivity index (χ1) is 13.7. The van der Waals surface area contributed by atoms with Crippen LogP contribution in [-0.2, 0) is 4.79 Å². The van der Waals surface area contributed by atoms with E-state index < -0.39 is 23.9 Å². The van der Waals surface area contributed by atoms with Gasteiger partial charge in [-0.2, -0.15) is 13.2 Å². The van der Waals surface area contributed by atoms with Crippen LogP contribution in [0.3, 0.4) is 0 Å². The van der Waals surface area contributed by atoms with E-state index in [9.17, 15) is 22.8 Å². The normalized spacial score (nSPS) is 12.7. The summed E-state index contributed by atoms with van der Waals surface area (Å²) in [4.78, 5) is 29.8. The number of amides is 1. The van der Waals surface area contributed by atoms with Crippen molar-refractivity contribution in [2.24, 2.45) is 0 Å². The molecule has 1 N–H and O–H groups in total. The third-order valence-electron chi connectivity index (χ3n) is 4.22. The van der Waals surface area contributed by atoms with Crippen LogP contribution in [-0.4, -0.2) is 33.4 Å². The number of thioether (sulfide) groups is 1. The quantitative estimate of drug-likeness (QED) is 0.502. The molecule has 1 amide bonds. The lowest BCUT2D eigenvalue weighted by atomic mass is 10.2. The maximum absolute atomic E-state index is 13.2. The van der Waals surface area contributed by atoms with Gasteiger partial charge in [0.05, 0.1) is 21.8 Å². The predicted molar refractivity (Wildman–Crippen MR) is 106 cm³/mol. The molecular formula is C20H18F3N3O2S. The van der Waals surface area contributed by atoms with E-state index in [4.69, 9.17) is 0 Å². The highest BCUT2D eigenvalue weighted by Crippen LogP contribution is 2.26. The Morgan fingerprint density at radius 2 is 1.83 bits per heavy atom. The Morgan fingerprint density at radius 1 is 1.17 bits per heavy atom. The number of fused-ring (bicyclic) bond motifs is 1. The van der Waals surface area contributed by atoms with Crippen LogP contribution in [0.15, 0.2) is 58.5 Å². The summed E-state index contributed by atoms with van der Waals surface area (Å²) < 4.78 is 38.6. The van der Waals surface area contributed by atoms with Crippen LogP contribution in [0.5, 0.6) is 0 Å². The van der Waals surface area contributed by atoms with Crippen LogP contribution >= 0.6 is 11.8 Å². The number of benzene rings is 2. The highest BCUT2D eigenvalue weighted by Gasteiger charge is 2.29. The summed E-state index contributed by atoms with van der Waals surface area (Å²) in [7, 11) is 0. The number of hydrogen-bond donors (Lipinski definition) is 1. The second-order valence-electron chi connectivity index (χ2n) is 6.43. The van der Waals surface area contributed by atoms with Gasteiger partial charge in [0, 0.05) is 0 Å². The highest BCUT2D eigenvalue weighted by molar-refractivity contribution is 8.00. The standard InChI is InChI=1S/C20H18F3N3O2S/c1-12-7-3-6-10-16(12)26-18(28)14-8-4-5-9-15(14)25-19(26)29-13(2)17(27)24-11-20(21,22)23/h3-10,13H,11H2,1-2H3,(H,24,27). The smallest absolute Gasteiger partial charge is 0.346 e. The molecular weight excluding hydrogens is 403 g/mol. The van der Waals surface area contributed by atoms with Crippen LogP contribution < -0.4 is 10.9 Å². The third-order valence-corrected chi connectivity index (χ3v) is 5.27. The number of carbonyl (C=O) groups excluding carboxylic acids is 1. The van der Waals surface area contributed by atoms with E-state index >= 15 is 0 Å². The van der Waals surface area contributed by atoms with Gasteiger partial charge in [-0.15, -0.1) is 0 Å². The van der Waals surface area contributed by atoms with Crippen molar-refractivity contribution < 1.29 is 18.0 Å². The molecule has 0 aliphatic carbocycles. The first kappa shape index (κ1) is 20.9. The Kier molecular flexibility index (Phi) is 5.97. The monoisotopic (exact) mass is 421 g/mol. The van der Waals surface area contributed by atoms with Crippen molar-refractivity contribution in [3.05, 3.63) is 64.4 Å². The molecule has 0 spiro atoms. The number of carbonyl (C=O) groups is 1. The molecule has 0 radical (unpaired) electrons. The lowest BCUT2D eigenvalue weighted by molar-refractivity contribution is -0.137. The Morgan fingerprint density at radius 3 is 2.52 bits per heavy atom. The summed E-state index contributed by atoms with van der Waals surface area (Å²) >= 11 is 0.934. The molecule has 0 saturated carbocycles. The molecule has 1 atom stereocenters. The van der Waals surface area contributed by atoms with Crippen molar-refractivity contribution >= 4 is 28.6 Å². The molecule has 9 heteroatoms. The summed E-state index contributed by atoms with van der Waals surface area (Å²) in [5.41, 5.74) is 1.56. The zero-order valence-corrected chi connectivity index (χ0v) is 16.5. The Bertz CT molecular complexity index is 1110.